The monoisotopic (exact) mass is 253 g/mol. The van der Waals surface area contributed by atoms with Gasteiger partial charge in [-0.1, -0.05) is 18.2 Å². The van der Waals surface area contributed by atoms with Crippen molar-refractivity contribution in [2.24, 2.45) is 0 Å². The topological polar surface area (TPSA) is 30.5 Å². The molecule has 0 amide bonds. The van der Waals surface area contributed by atoms with Gasteiger partial charge in [0.1, 0.15) is 11.4 Å². The molecule has 4 heteroatoms. The molecule has 2 unspecified atom stereocenters. The summed E-state index contributed by atoms with van der Waals surface area (Å²) in [6, 6.07) is 7.31. The van der Waals surface area contributed by atoms with Gasteiger partial charge in [0.25, 0.3) is 0 Å². The van der Waals surface area contributed by atoms with E-state index < -0.39 is 5.67 Å². The highest BCUT2D eigenvalue weighted by atomic mass is 19.1. The summed E-state index contributed by atoms with van der Waals surface area (Å²) in [4.78, 5) is 0. The predicted octanol–water partition coefficient (Wildman–Crippen LogP) is 2.26. The summed E-state index contributed by atoms with van der Waals surface area (Å²) in [5.74, 6) is 0.597. The Morgan fingerprint density at radius 1 is 1.50 bits per heavy atom. The second-order valence-electron chi connectivity index (χ2n) is 4.83. The number of hydrogen-bond acceptors (Lipinski definition) is 3. The summed E-state index contributed by atoms with van der Waals surface area (Å²) in [5, 5.41) is 3.28. The normalized spacial score (nSPS) is 23.4. The van der Waals surface area contributed by atoms with Crippen LogP contribution in [0.3, 0.4) is 0 Å². The molecular weight excluding hydrogens is 233 g/mol. The molecule has 1 N–H and O–H groups in total. The molecule has 100 valence electrons. The lowest BCUT2D eigenvalue weighted by molar-refractivity contribution is 0.0468. The van der Waals surface area contributed by atoms with Crippen molar-refractivity contribution in [2.75, 3.05) is 26.9 Å². The van der Waals surface area contributed by atoms with Crippen LogP contribution in [0.4, 0.5) is 4.39 Å². The largest absolute Gasteiger partial charge is 0.496 e. The van der Waals surface area contributed by atoms with Crippen molar-refractivity contribution in [1.29, 1.82) is 0 Å². The minimum Gasteiger partial charge on any atom is -0.496 e. The predicted molar refractivity (Wildman–Crippen MR) is 68.7 cm³/mol. The summed E-state index contributed by atoms with van der Waals surface area (Å²) in [6.45, 7) is 3.65. The third-order valence-corrected chi connectivity index (χ3v) is 3.30. The van der Waals surface area contributed by atoms with Gasteiger partial charge in [-0.2, -0.15) is 0 Å². The molecule has 1 fully saturated rings. The zero-order valence-corrected chi connectivity index (χ0v) is 10.9. The summed E-state index contributed by atoms with van der Waals surface area (Å²) in [6.07, 6.45) is 0.382. The number of alkyl halides is 1. The molecule has 0 aliphatic carbocycles. The van der Waals surface area contributed by atoms with Gasteiger partial charge < -0.3 is 14.8 Å². The molecule has 2 rings (SSSR count). The van der Waals surface area contributed by atoms with E-state index in [-0.39, 0.29) is 6.04 Å². The smallest absolute Gasteiger partial charge is 0.138 e. The van der Waals surface area contributed by atoms with Gasteiger partial charge in [0.15, 0.2) is 0 Å². The number of rotatable bonds is 4. The number of para-hydroxylation sites is 1. The second kappa shape index (κ2) is 5.67. The van der Waals surface area contributed by atoms with Crippen LogP contribution in [0.5, 0.6) is 5.75 Å². The lowest BCUT2D eigenvalue weighted by atomic mass is 9.90. The zero-order chi connectivity index (χ0) is 13.0. The Morgan fingerprint density at radius 3 is 2.94 bits per heavy atom. The number of nitrogens with one attached hydrogen (secondary N) is 1. The summed E-state index contributed by atoms with van der Waals surface area (Å²) < 4.78 is 25.5. The van der Waals surface area contributed by atoms with Crippen LogP contribution in [0, 0.1) is 0 Å². The highest BCUT2D eigenvalue weighted by Gasteiger charge is 2.33. The third-order valence-electron chi connectivity index (χ3n) is 3.30. The Hall–Kier alpha value is -1.13. The molecule has 0 aromatic heterocycles. The molecule has 1 aliphatic heterocycles. The molecule has 1 aliphatic rings. The first kappa shape index (κ1) is 13.3. The number of ether oxygens (including phenoxy) is 2. The maximum absolute atomic E-state index is 14.9. The minimum atomic E-state index is -1.43. The Labute approximate surface area is 107 Å². The minimum absolute atomic E-state index is 0.0543. The van der Waals surface area contributed by atoms with Gasteiger partial charge in [0.05, 0.1) is 20.3 Å². The van der Waals surface area contributed by atoms with E-state index in [0.29, 0.717) is 30.9 Å². The number of morpholine rings is 1. The maximum atomic E-state index is 14.9. The lowest BCUT2D eigenvalue weighted by Crippen LogP contribution is -2.44. The molecule has 0 saturated carbocycles. The van der Waals surface area contributed by atoms with E-state index in [2.05, 4.69) is 5.32 Å². The van der Waals surface area contributed by atoms with Gasteiger partial charge in [-0.05, 0) is 13.0 Å². The van der Waals surface area contributed by atoms with Gasteiger partial charge in [-0.25, -0.2) is 4.39 Å². The quantitative estimate of drug-likeness (QED) is 0.893. The van der Waals surface area contributed by atoms with E-state index in [1.807, 2.05) is 12.1 Å². The molecule has 1 aromatic rings. The Bertz CT molecular complexity index is 389. The van der Waals surface area contributed by atoms with Gasteiger partial charge in [0.2, 0.25) is 0 Å². The first-order valence-corrected chi connectivity index (χ1v) is 6.27. The highest BCUT2D eigenvalue weighted by molar-refractivity contribution is 5.37. The zero-order valence-electron chi connectivity index (χ0n) is 10.9. The molecule has 0 radical (unpaired) electrons. The first-order valence-electron chi connectivity index (χ1n) is 6.27. The van der Waals surface area contributed by atoms with E-state index in [4.69, 9.17) is 9.47 Å². The van der Waals surface area contributed by atoms with Crippen molar-refractivity contribution in [3.05, 3.63) is 29.8 Å². The molecule has 0 bridgehead atoms. The molecule has 18 heavy (non-hydrogen) atoms. The fourth-order valence-electron chi connectivity index (χ4n) is 2.40. The van der Waals surface area contributed by atoms with Crippen LogP contribution < -0.4 is 10.1 Å². The highest BCUT2D eigenvalue weighted by Crippen LogP contribution is 2.36. The molecule has 2 atom stereocenters. The summed E-state index contributed by atoms with van der Waals surface area (Å²) >= 11 is 0. The van der Waals surface area contributed by atoms with E-state index in [9.17, 15) is 4.39 Å². The van der Waals surface area contributed by atoms with Crippen molar-refractivity contribution in [1.82, 2.24) is 5.32 Å². The molecule has 0 spiro atoms. The average Bonchev–Trinajstić information content (AvgIpc) is 2.39. The van der Waals surface area contributed by atoms with Gasteiger partial charge in [-0.15, -0.1) is 0 Å². The average molecular weight is 253 g/mol. The third kappa shape index (κ3) is 3.00. The molecule has 1 saturated heterocycles. The van der Waals surface area contributed by atoms with E-state index >= 15 is 0 Å². The van der Waals surface area contributed by atoms with Gasteiger partial charge in [-0.3, -0.25) is 0 Å². The molecule has 1 heterocycles. The van der Waals surface area contributed by atoms with Gasteiger partial charge >= 0.3 is 0 Å². The Balaban J connectivity index is 2.13. The molecule has 1 aromatic carbocycles. The van der Waals surface area contributed by atoms with Crippen molar-refractivity contribution < 1.29 is 13.9 Å². The van der Waals surface area contributed by atoms with Gasteiger partial charge in [0, 0.05) is 24.6 Å². The van der Waals surface area contributed by atoms with Crippen LogP contribution in [0.15, 0.2) is 24.3 Å². The van der Waals surface area contributed by atoms with Crippen molar-refractivity contribution in [2.45, 2.75) is 25.1 Å². The number of hydrogen-bond donors (Lipinski definition) is 1. The summed E-state index contributed by atoms with van der Waals surface area (Å²) in [5.41, 5.74) is -0.829. The van der Waals surface area contributed by atoms with E-state index in [1.54, 1.807) is 26.2 Å². The van der Waals surface area contributed by atoms with Crippen molar-refractivity contribution in [3.8, 4) is 5.75 Å². The number of halogens is 1. The first-order chi connectivity index (χ1) is 8.63. The summed E-state index contributed by atoms with van der Waals surface area (Å²) in [7, 11) is 1.57. The molecule has 3 nitrogen and oxygen atoms in total. The Morgan fingerprint density at radius 2 is 2.28 bits per heavy atom. The second-order valence-corrected chi connectivity index (χ2v) is 4.83. The maximum Gasteiger partial charge on any atom is 0.138 e. The van der Waals surface area contributed by atoms with Crippen molar-refractivity contribution >= 4 is 0 Å². The lowest BCUT2D eigenvalue weighted by Gasteiger charge is -2.30. The van der Waals surface area contributed by atoms with Crippen LogP contribution in [-0.2, 0) is 10.4 Å². The Kier molecular flexibility index (Phi) is 4.19. The molecular formula is C14H20FNO2. The fourth-order valence-corrected chi connectivity index (χ4v) is 2.40. The van der Waals surface area contributed by atoms with Crippen molar-refractivity contribution in [3.63, 3.8) is 0 Å². The SMILES string of the molecule is COc1ccccc1C(C)(F)CC1COCCN1. The standard InChI is InChI=1S/C14H20FNO2/c1-14(15,9-11-10-18-8-7-16-11)12-5-3-4-6-13(12)17-2/h3-6,11,16H,7-10H2,1-2H3. The van der Waals surface area contributed by atoms with Crippen LogP contribution >= 0.6 is 0 Å². The van der Waals surface area contributed by atoms with Crippen LogP contribution in [0.2, 0.25) is 0 Å². The van der Waals surface area contributed by atoms with Crippen LogP contribution in [0.1, 0.15) is 18.9 Å². The van der Waals surface area contributed by atoms with E-state index in [0.717, 1.165) is 6.54 Å². The number of methoxy groups -OCH3 is 1. The van der Waals surface area contributed by atoms with E-state index in [1.165, 1.54) is 0 Å². The van der Waals surface area contributed by atoms with Crippen LogP contribution in [0.25, 0.3) is 0 Å². The number of benzene rings is 1. The van der Waals surface area contributed by atoms with Crippen LogP contribution in [-0.4, -0.2) is 32.9 Å². The fraction of sp³-hybridized carbons (Fsp3) is 0.571.